The number of nitrogens with one attached hydrogen (secondary N) is 2. The Labute approximate surface area is 130 Å². The Balaban J connectivity index is 1.84. The van der Waals surface area contributed by atoms with Crippen molar-refractivity contribution in [3.63, 3.8) is 0 Å². The van der Waals surface area contributed by atoms with Gasteiger partial charge in [-0.05, 0) is 44.0 Å². The van der Waals surface area contributed by atoms with E-state index in [0.717, 1.165) is 23.4 Å². The summed E-state index contributed by atoms with van der Waals surface area (Å²) < 4.78 is 0. The highest BCUT2D eigenvalue weighted by molar-refractivity contribution is 8.00. The number of hydrogen-bond acceptors (Lipinski definition) is 3. The second kappa shape index (κ2) is 7.50. The molecule has 1 aliphatic rings. The van der Waals surface area contributed by atoms with E-state index < -0.39 is 0 Å². The maximum absolute atomic E-state index is 12.1. The predicted molar refractivity (Wildman–Crippen MR) is 86.5 cm³/mol. The van der Waals surface area contributed by atoms with Crippen molar-refractivity contribution in [3.8, 4) is 0 Å². The number of anilines is 1. The summed E-state index contributed by atoms with van der Waals surface area (Å²) >= 11 is 1.54. The van der Waals surface area contributed by atoms with Crippen LogP contribution in [0.2, 0.25) is 0 Å². The second-order valence-corrected chi connectivity index (χ2v) is 6.87. The summed E-state index contributed by atoms with van der Waals surface area (Å²) in [7, 11) is 0. The van der Waals surface area contributed by atoms with E-state index in [9.17, 15) is 9.59 Å². The molecule has 1 fully saturated rings. The summed E-state index contributed by atoms with van der Waals surface area (Å²) in [4.78, 5) is 24.1. The van der Waals surface area contributed by atoms with Crippen LogP contribution < -0.4 is 10.6 Å². The molecule has 0 bridgehead atoms. The van der Waals surface area contributed by atoms with E-state index >= 15 is 0 Å². The molecule has 0 unspecified atom stereocenters. The topological polar surface area (TPSA) is 58.2 Å². The lowest BCUT2D eigenvalue weighted by molar-refractivity contribution is -0.121. The van der Waals surface area contributed by atoms with Crippen LogP contribution in [0.3, 0.4) is 0 Å². The number of thioether (sulfide) groups is 1. The lowest BCUT2D eigenvalue weighted by Gasteiger charge is -2.16. The summed E-state index contributed by atoms with van der Waals surface area (Å²) in [5.41, 5.74) is 0.773. The Bertz CT molecular complexity index is 496. The second-order valence-electron chi connectivity index (χ2n) is 5.46. The van der Waals surface area contributed by atoms with Crippen molar-refractivity contribution in [2.45, 2.75) is 55.7 Å². The third-order valence-corrected chi connectivity index (χ3v) is 4.67. The van der Waals surface area contributed by atoms with Crippen molar-refractivity contribution in [1.82, 2.24) is 5.32 Å². The Morgan fingerprint density at radius 1 is 1.19 bits per heavy atom. The Morgan fingerprint density at radius 2 is 1.81 bits per heavy atom. The molecule has 1 saturated carbocycles. The fraction of sp³-hybridized carbons (Fsp3) is 0.500. The zero-order chi connectivity index (χ0) is 15.2. The number of amides is 2. The molecule has 0 radical (unpaired) electrons. The highest BCUT2D eigenvalue weighted by Crippen LogP contribution is 2.25. The van der Waals surface area contributed by atoms with Crippen LogP contribution in [0, 0.1) is 0 Å². The molecule has 0 aromatic heterocycles. The quantitative estimate of drug-likeness (QED) is 0.821. The van der Waals surface area contributed by atoms with Crippen LogP contribution in [-0.2, 0) is 9.59 Å². The van der Waals surface area contributed by atoms with Crippen LogP contribution in [0.25, 0.3) is 0 Å². The van der Waals surface area contributed by atoms with Crippen molar-refractivity contribution in [2.75, 3.05) is 5.32 Å². The third-order valence-electron chi connectivity index (χ3n) is 3.56. The zero-order valence-electron chi connectivity index (χ0n) is 12.5. The van der Waals surface area contributed by atoms with E-state index in [1.807, 2.05) is 31.2 Å². The van der Waals surface area contributed by atoms with E-state index in [-0.39, 0.29) is 17.1 Å². The predicted octanol–water partition coefficient (Wildman–Crippen LogP) is 3.18. The van der Waals surface area contributed by atoms with Crippen molar-refractivity contribution < 1.29 is 9.59 Å². The zero-order valence-corrected chi connectivity index (χ0v) is 13.3. The minimum atomic E-state index is -0.114. The molecule has 4 nitrogen and oxygen atoms in total. The van der Waals surface area contributed by atoms with Crippen LogP contribution in [0.15, 0.2) is 29.2 Å². The van der Waals surface area contributed by atoms with Gasteiger partial charge in [-0.1, -0.05) is 12.8 Å². The molecule has 0 saturated heterocycles. The maximum Gasteiger partial charge on any atom is 0.233 e. The van der Waals surface area contributed by atoms with Gasteiger partial charge in [0.15, 0.2) is 0 Å². The summed E-state index contributed by atoms with van der Waals surface area (Å²) in [6, 6.07) is 7.92. The van der Waals surface area contributed by atoms with Gasteiger partial charge in [0.25, 0.3) is 0 Å². The van der Waals surface area contributed by atoms with E-state index in [4.69, 9.17) is 0 Å². The molecular weight excluding hydrogens is 284 g/mol. The number of hydrogen-bond donors (Lipinski definition) is 2. The van der Waals surface area contributed by atoms with Gasteiger partial charge in [0, 0.05) is 23.5 Å². The SMILES string of the molecule is CC(=O)Nc1ccc(S[C@@H](C)C(=O)NC2CCCC2)cc1. The standard InChI is InChI=1S/C16H22N2O2S/c1-11(16(20)18-13-5-3-4-6-13)21-15-9-7-14(8-10-15)17-12(2)19/h7-11,13H,3-6H2,1-2H3,(H,17,19)(H,18,20)/t11-/m0/s1. The first-order valence-corrected chi connectivity index (χ1v) is 8.27. The number of carbonyl (C=O) groups excluding carboxylic acids is 2. The van der Waals surface area contributed by atoms with Crippen molar-refractivity contribution in [3.05, 3.63) is 24.3 Å². The molecule has 2 rings (SSSR count). The first kappa shape index (κ1) is 15.9. The van der Waals surface area contributed by atoms with Crippen LogP contribution in [0.4, 0.5) is 5.69 Å². The summed E-state index contributed by atoms with van der Waals surface area (Å²) in [5, 5.41) is 5.73. The summed E-state index contributed by atoms with van der Waals surface area (Å²) in [5.74, 6) is 0.0255. The van der Waals surface area contributed by atoms with E-state index in [1.165, 1.54) is 31.5 Å². The molecular formula is C16H22N2O2S. The van der Waals surface area contributed by atoms with Gasteiger partial charge in [0.2, 0.25) is 11.8 Å². The lowest BCUT2D eigenvalue weighted by atomic mass is 10.2. The highest BCUT2D eigenvalue weighted by atomic mass is 32.2. The fourth-order valence-corrected chi connectivity index (χ4v) is 3.34. The lowest BCUT2D eigenvalue weighted by Crippen LogP contribution is -2.37. The van der Waals surface area contributed by atoms with Gasteiger partial charge >= 0.3 is 0 Å². The summed E-state index contributed by atoms with van der Waals surface area (Å²) in [6.45, 7) is 3.41. The molecule has 1 aliphatic carbocycles. The normalized spacial score (nSPS) is 16.5. The van der Waals surface area contributed by atoms with Crippen LogP contribution in [0.5, 0.6) is 0 Å². The molecule has 21 heavy (non-hydrogen) atoms. The fourth-order valence-electron chi connectivity index (χ4n) is 2.47. The third kappa shape index (κ3) is 5.08. The smallest absolute Gasteiger partial charge is 0.233 e. The molecule has 0 spiro atoms. The van der Waals surface area contributed by atoms with Crippen LogP contribution >= 0.6 is 11.8 Å². The highest BCUT2D eigenvalue weighted by Gasteiger charge is 2.21. The Morgan fingerprint density at radius 3 is 2.38 bits per heavy atom. The minimum absolute atomic E-state index is 0.0836. The van der Waals surface area contributed by atoms with Crippen molar-refractivity contribution in [2.24, 2.45) is 0 Å². The Kier molecular flexibility index (Phi) is 5.67. The maximum atomic E-state index is 12.1. The van der Waals surface area contributed by atoms with E-state index in [1.54, 1.807) is 0 Å². The molecule has 5 heteroatoms. The Hall–Kier alpha value is -1.49. The van der Waals surface area contributed by atoms with E-state index in [0.29, 0.717) is 6.04 Å². The molecule has 0 aliphatic heterocycles. The molecule has 2 amide bonds. The van der Waals surface area contributed by atoms with Crippen molar-refractivity contribution in [1.29, 1.82) is 0 Å². The number of rotatable bonds is 5. The largest absolute Gasteiger partial charge is 0.352 e. The number of benzene rings is 1. The molecule has 2 N–H and O–H groups in total. The number of carbonyl (C=O) groups is 2. The average molecular weight is 306 g/mol. The monoisotopic (exact) mass is 306 g/mol. The first-order valence-electron chi connectivity index (χ1n) is 7.39. The van der Waals surface area contributed by atoms with Gasteiger partial charge in [-0.25, -0.2) is 0 Å². The minimum Gasteiger partial charge on any atom is -0.352 e. The van der Waals surface area contributed by atoms with Gasteiger partial charge in [0.1, 0.15) is 0 Å². The van der Waals surface area contributed by atoms with Crippen LogP contribution in [-0.4, -0.2) is 23.1 Å². The molecule has 1 aromatic carbocycles. The molecule has 0 heterocycles. The van der Waals surface area contributed by atoms with Gasteiger partial charge in [-0.2, -0.15) is 0 Å². The van der Waals surface area contributed by atoms with Gasteiger partial charge in [0.05, 0.1) is 5.25 Å². The van der Waals surface area contributed by atoms with Gasteiger partial charge in [-0.15, -0.1) is 11.8 Å². The molecule has 114 valence electrons. The summed E-state index contributed by atoms with van der Waals surface area (Å²) in [6.07, 6.45) is 4.65. The van der Waals surface area contributed by atoms with Gasteiger partial charge in [-0.3, -0.25) is 9.59 Å². The van der Waals surface area contributed by atoms with Crippen molar-refractivity contribution >= 4 is 29.3 Å². The first-order chi connectivity index (χ1) is 10.0. The molecule has 1 atom stereocenters. The molecule has 1 aromatic rings. The van der Waals surface area contributed by atoms with E-state index in [2.05, 4.69) is 10.6 Å². The van der Waals surface area contributed by atoms with Gasteiger partial charge < -0.3 is 10.6 Å². The van der Waals surface area contributed by atoms with Crippen LogP contribution in [0.1, 0.15) is 39.5 Å². The average Bonchev–Trinajstić information content (AvgIpc) is 2.93.